The molecule has 206 valence electrons. The molecule has 1 heterocycles. The van der Waals surface area contributed by atoms with Crippen molar-refractivity contribution >= 4 is 18.0 Å². The van der Waals surface area contributed by atoms with Gasteiger partial charge in [-0.05, 0) is 73.4 Å². The van der Waals surface area contributed by atoms with Crippen LogP contribution in [-0.2, 0) is 16.0 Å². The van der Waals surface area contributed by atoms with Gasteiger partial charge < -0.3 is 19.3 Å². The molecule has 1 N–H and O–H groups in total. The molecule has 1 atom stereocenters. The summed E-state index contributed by atoms with van der Waals surface area (Å²) in [6, 6.07) is 14.7. The molecule has 1 fully saturated rings. The molecule has 2 aliphatic rings. The number of nitrogens with zero attached hydrogens (tertiary/aromatic N) is 3. The third kappa shape index (κ3) is 6.50. The van der Waals surface area contributed by atoms with Gasteiger partial charge in [0.15, 0.2) is 0 Å². The fourth-order valence-corrected chi connectivity index (χ4v) is 4.76. The molecule has 0 aliphatic heterocycles. The molecule has 1 unspecified atom stereocenters. The van der Waals surface area contributed by atoms with Gasteiger partial charge in [-0.1, -0.05) is 30.3 Å². The lowest BCUT2D eigenvalue weighted by Gasteiger charge is -2.27. The molecule has 5 rings (SSSR count). The minimum Gasteiger partial charge on any atom is -0.495 e. The molecular weight excluding hydrogens is 511 g/mol. The number of aryl methyl sites for hydroxylation is 2. The van der Waals surface area contributed by atoms with Gasteiger partial charge in [0.2, 0.25) is 5.91 Å². The summed E-state index contributed by atoms with van der Waals surface area (Å²) in [6.07, 6.45) is 4.92. The smallest absolute Gasteiger partial charge is 0.490 e. The normalized spacial score (nSPS) is 16.7. The summed E-state index contributed by atoms with van der Waals surface area (Å²) >= 11 is 0. The number of ether oxygens (including phenoxy) is 1. The second-order valence-corrected chi connectivity index (χ2v) is 9.70. The predicted octanol–water partition coefficient (Wildman–Crippen LogP) is 5.76. The van der Waals surface area contributed by atoms with Gasteiger partial charge in [-0.3, -0.25) is 4.79 Å². The van der Waals surface area contributed by atoms with Gasteiger partial charge >= 0.3 is 12.1 Å². The number of hydrogen-bond donors (Lipinski definition) is 1. The fourth-order valence-electron chi connectivity index (χ4n) is 4.76. The number of carbonyl (C=O) groups is 2. The molecule has 2 aromatic carbocycles. The summed E-state index contributed by atoms with van der Waals surface area (Å²) in [7, 11) is 3.63. The number of methoxy groups -OCH3 is 1. The van der Waals surface area contributed by atoms with Gasteiger partial charge in [0, 0.05) is 18.8 Å². The maximum atomic E-state index is 13.6. The van der Waals surface area contributed by atoms with Crippen LogP contribution in [0.3, 0.4) is 0 Å². The van der Waals surface area contributed by atoms with E-state index in [-0.39, 0.29) is 11.9 Å². The first-order valence-corrected chi connectivity index (χ1v) is 12.5. The first-order valence-electron chi connectivity index (χ1n) is 12.5. The molecule has 7 nitrogen and oxygen atoms in total. The highest BCUT2D eigenvalue weighted by molar-refractivity contribution is 5.99. The van der Waals surface area contributed by atoms with E-state index >= 15 is 0 Å². The zero-order valence-electron chi connectivity index (χ0n) is 21.9. The summed E-state index contributed by atoms with van der Waals surface area (Å²) in [4.78, 5) is 28.7. The molecular formula is C29H30F3N3O4. The Morgan fingerprint density at radius 3 is 2.44 bits per heavy atom. The Morgan fingerprint density at radius 1 is 1.15 bits per heavy atom. The number of halogens is 3. The summed E-state index contributed by atoms with van der Waals surface area (Å²) in [6.45, 7) is 1.97. The van der Waals surface area contributed by atoms with Gasteiger partial charge in [-0.25, -0.2) is 9.78 Å². The van der Waals surface area contributed by atoms with Crippen molar-refractivity contribution in [3.05, 3.63) is 82.9 Å². The molecule has 3 aromatic rings. The molecule has 10 heteroatoms. The molecule has 39 heavy (non-hydrogen) atoms. The summed E-state index contributed by atoms with van der Waals surface area (Å²) in [5, 5.41) is 7.12. The van der Waals surface area contributed by atoms with Crippen molar-refractivity contribution in [1.82, 2.24) is 14.5 Å². The van der Waals surface area contributed by atoms with Crippen molar-refractivity contribution in [2.75, 3.05) is 14.2 Å². The molecule has 0 saturated heterocycles. The number of carbonyl (C=O) groups excluding carboxylic acids is 1. The van der Waals surface area contributed by atoms with Crippen molar-refractivity contribution in [3.63, 3.8) is 0 Å². The van der Waals surface area contributed by atoms with E-state index in [9.17, 15) is 18.0 Å². The summed E-state index contributed by atoms with van der Waals surface area (Å²) in [5.41, 5.74) is 6.44. The monoisotopic (exact) mass is 541 g/mol. The summed E-state index contributed by atoms with van der Waals surface area (Å²) in [5.74, 6) is -1.50. The number of benzene rings is 2. The Balaban J connectivity index is 0.000000448. The summed E-state index contributed by atoms with van der Waals surface area (Å²) < 4.78 is 39.4. The Kier molecular flexibility index (Phi) is 8.13. The largest absolute Gasteiger partial charge is 0.495 e. The van der Waals surface area contributed by atoms with Crippen LogP contribution >= 0.6 is 0 Å². The SMILES string of the molecule is COc1cc(/C=C(/C(=O)N(C)C2CCc3ccccc32)C2CC2)ccc1-n1cnc(C)c1.O=C(O)C(F)(F)F. The van der Waals surface area contributed by atoms with Gasteiger partial charge in [0.25, 0.3) is 0 Å². The van der Waals surface area contributed by atoms with E-state index in [0.717, 1.165) is 54.0 Å². The maximum absolute atomic E-state index is 13.6. The van der Waals surface area contributed by atoms with Crippen LogP contribution in [0.1, 0.15) is 47.7 Å². The molecule has 2 aliphatic carbocycles. The van der Waals surface area contributed by atoms with Crippen LogP contribution in [0, 0.1) is 12.8 Å². The van der Waals surface area contributed by atoms with E-state index in [2.05, 4.69) is 35.3 Å². The third-order valence-electron chi connectivity index (χ3n) is 6.91. The lowest BCUT2D eigenvalue weighted by Crippen LogP contribution is -2.31. The molecule has 0 bridgehead atoms. The van der Waals surface area contributed by atoms with Crippen LogP contribution in [0.5, 0.6) is 5.75 Å². The Morgan fingerprint density at radius 2 is 1.85 bits per heavy atom. The van der Waals surface area contributed by atoms with Crippen LogP contribution < -0.4 is 4.74 Å². The van der Waals surface area contributed by atoms with Gasteiger partial charge in [-0.2, -0.15) is 13.2 Å². The van der Waals surface area contributed by atoms with Crippen molar-refractivity contribution in [2.45, 2.75) is 44.8 Å². The Bertz CT molecular complexity index is 1390. The van der Waals surface area contributed by atoms with Gasteiger partial charge in [-0.15, -0.1) is 0 Å². The second-order valence-electron chi connectivity index (χ2n) is 9.70. The molecule has 0 spiro atoms. The first-order chi connectivity index (χ1) is 18.5. The van der Waals surface area contributed by atoms with E-state index in [1.54, 1.807) is 13.4 Å². The minimum absolute atomic E-state index is 0.141. The van der Waals surface area contributed by atoms with E-state index < -0.39 is 12.1 Å². The van der Waals surface area contributed by atoms with Crippen LogP contribution in [0.15, 0.2) is 60.6 Å². The highest BCUT2D eigenvalue weighted by atomic mass is 19.4. The molecule has 0 radical (unpaired) electrons. The fraction of sp³-hybridized carbons (Fsp3) is 0.345. The van der Waals surface area contributed by atoms with E-state index in [1.807, 2.05) is 47.8 Å². The molecule has 1 amide bonds. The zero-order chi connectivity index (χ0) is 28.3. The molecule has 1 aromatic heterocycles. The average Bonchev–Trinajstić information content (AvgIpc) is 3.51. The standard InChI is InChI=1S/C27H29N3O2.C2HF3O2/c1-18-16-30(17-28-18)25-12-8-19(15-26(25)32-3)14-23(21-9-10-21)27(31)29(2)24-13-11-20-6-4-5-7-22(20)24;3-2(4,5)1(6)7/h4-8,12,14-17,21,24H,9-11,13H2,1-3H3;(H,6,7)/b23-14+;. The second kappa shape index (κ2) is 11.3. The van der Waals surface area contributed by atoms with Crippen molar-refractivity contribution in [3.8, 4) is 11.4 Å². The zero-order valence-corrected chi connectivity index (χ0v) is 21.9. The number of carboxylic acid groups (broad SMARTS) is 1. The third-order valence-corrected chi connectivity index (χ3v) is 6.91. The number of likely N-dealkylation sites (N-methyl/N-ethyl adjacent to an activating group) is 1. The maximum Gasteiger partial charge on any atom is 0.490 e. The number of rotatable bonds is 6. The lowest BCUT2D eigenvalue weighted by molar-refractivity contribution is -0.192. The van der Waals surface area contributed by atoms with Crippen LogP contribution in [0.2, 0.25) is 0 Å². The number of aliphatic carboxylic acids is 1. The number of imidazole rings is 1. The number of hydrogen-bond acceptors (Lipinski definition) is 4. The number of aromatic nitrogens is 2. The highest BCUT2D eigenvalue weighted by Crippen LogP contribution is 2.41. The topological polar surface area (TPSA) is 84.7 Å². The van der Waals surface area contributed by atoms with Gasteiger partial charge in [0.05, 0.1) is 30.9 Å². The predicted molar refractivity (Wildman–Crippen MR) is 140 cm³/mol. The van der Waals surface area contributed by atoms with Crippen molar-refractivity contribution < 1.29 is 32.6 Å². The van der Waals surface area contributed by atoms with E-state index in [4.69, 9.17) is 14.6 Å². The first kappa shape index (κ1) is 27.9. The lowest BCUT2D eigenvalue weighted by atomic mass is 10.0. The van der Waals surface area contributed by atoms with Crippen molar-refractivity contribution in [2.24, 2.45) is 5.92 Å². The Labute approximate surface area is 224 Å². The number of carboxylic acids is 1. The van der Waals surface area contributed by atoms with E-state index in [0.29, 0.717) is 5.92 Å². The van der Waals surface area contributed by atoms with Crippen LogP contribution in [0.4, 0.5) is 13.2 Å². The van der Waals surface area contributed by atoms with E-state index in [1.165, 1.54) is 11.1 Å². The minimum atomic E-state index is -5.08. The number of alkyl halides is 3. The quantitative estimate of drug-likeness (QED) is 0.401. The van der Waals surface area contributed by atoms with Crippen molar-refractivity contribution in [1.29, 1.82) is 0 Å². The van der Waals surface area contributed by atoms with Crippen LogP contribution in [-0.4, -0.2) is 51.8 Å². The van der Waals surface area contributed by atoms with Gasteiger partial charge in [0.1, 0.15) is 5.75 Å². The number of amides is 1. The van der Waals surface area contributed by atoms with Crippen LogP contribution in [0.25, 0.3) is 11.8 Å². The molecule has 1 saturated carbocycles. The average molecular weight is 542 g/mol. The number of fused-ring (bicyclic) bond motifs is 1. The highest BCUT2D eigenvalue weighted by Gasteiger charge is 2.38. The Hall–Kier alpha value is -4.08.